The molecule has 0 radical (unpaired) electrons. The number of aliphatic hydroxyl groups is 2. The zero-order valence-electron chi connectivity index (χ0n) is 8.00. The fourth-order valence-electron chi connectivity index (χ4n) is 0.823. The molecule has 1 aromatic rings. The molecule has 0 aliphatic heterocycles. The van der Waals surface area contributed by atoms with E-state index in [0.717, 1.165) is 0 Å². The van der Waals surface area contributed by atoms with Gasteiger partial charge < -0.3 is 10.2 Å². The molecule has 2 N–H and O–H groups in total. The van der Waals surface area contributed by atoms with Crippen LogP contribution < -0.4 is 0 Å². The molecule has 80 valence electrons. The number of hydrogen-bond donors (Lipinski definition) is 2. The molecule has 1 unspecified atom stereocenters. The van der Waals surface area contributed by atoms with Crippen LogP contribution in [0.2, 0.25) is 0 Å². The maximum atomic E-state index is 9.33. The van der Waals surface area contributed by atoms with E-state index in [2.05, 4.69) is 15.5 Å². The summed E-state index contributed by atoms with van der Waals surface area (Å²) in [4.78, 5) is 0. The van der Waals surface area contributed by atoms with Crippen LogP contribution >= 0.6 is 11.8 Å². The average molecular weight is 218 g/mol. The van der Waals surface area contributed by atoms with Crippen LogP contribution in [0.4, 0.5) is 0 Å². The Morgan fingerprint density at radius 1 is 1.57 bits per heavy atom. The van der Waals surface area contributed by atoms with Crippen LogP contribution in [-0.4, -0.2) is 48.9 Å². The van der Waals surface area contributed by atoms with Gasteiger partial charge in [-0.3, -0.25) is 0 Å². The summed E-state index contributed by atoms with van der Waals surface area (Å²) >= 11 is 1.39. The highest BCUT2D eigenvalue weighted by Crippen LogP contribution is 2.15. The zero-order chi connectivity index (χ0) is 10.4. The smallest absolute Gasteiger partial charge is 0.209 e. The Hall–Kier alpha value is -0.660. The van der Waals surface area contributed by atoms with Gasteiger partial charge >= 0.3 is 0 Å². The lowest BCUT2D eigenvalue weighted by atomic mass is 10.3. The molecule has 1 rings (SSSR count). The third-order valence-electron chi connectivity index (χ3n) is 1.69. The van der Waals surface area contributed by atoms with E-state index in [1.54, 1.807) is 0 Å². The highest BCUT2D eigenvalue weighted by molar-refractivity contribution is 7.99. The molecular formula is C7H14N4O2S. The van der Waals surface area contributed by atoms with E-state index in [1.807, 2.05) is 6.92 Å². The first-order valence-electron chi connectivity index (χ1n) is 4.45. The van der Waals surface area contributed by atoms with Gasteiger partial charge in [0.15, 0.2) is 0 Å². The molecule has 7 heteroatoms. The monoisotopic (exact) mass is 218 g/mol. The summed E-state index contributed by atoms with van der Waals surface area (Å²) in [6.07, 6.45) is 0.383. The first-order chi connectivity index (χ1) is 6.77. The van der Waals surface area contributed by atoms with Crippen molar-refractivity contribution in [2.24, 2.45) is 0 Å². The summed E-state index contributed by atoms with van der Waals surface area (Å²) < 4.78 is 1.52. The highest BCUT2D eigenvalue weighted by atomic mass is 32.2. The second-order valence-corrected chi connectivity index (χ2v) is 3.77. The summed E-state index contributed by atoms with van der Waals surface area (Å²) in [6.45, 7) is 2.31. The normalized spacial score (nSPS) is 13.1. The number of rotatable bonds is 6. The molecule has 0 aliphatic rings. The van der Waals surface area contributed by atoms with E-state index in [4.69, 9.17) is 5.11 Å². The number of nitrogens with zero attached hydrogens (tertiary/aromatic N) is 4. The Balaban J connectivity index is 2.45. The molecule has 6 nitrogen and oxygen atoms in total. The third kappa shape index (κ3) is 3.24. The van der Waals surface area contributed by atoms with Crippen LogP contribution in [0.1, 0.15) is 13.3 Å². The van der Waals surface area contributed by atoms with Gasteiger partial charge in [0.05, 0.1) is 19.3 Å². The largest absolute Gasteiger partial charge is 0.394 e. The quantitative estimate of drug-likeness (QED) is 0.628. The van der Waals surface area contributed by atoms with E-state index in [1.165, 1.54) is 16.4 Å². The van der Waals surface area contributed by atoms with E-state index in [-0.39, 0.29) is 12.7 Å². The molecule has 0 saturated heterocycles. The summed E-state index contributed by atoms with van der Waals surface area (Å²) in [6, 6.07) is 0. The highest BCUT2D eigenvalue weighted by Gasteiger charge is 2.08. The Kier molecular flexibility index (Phi) is 4.85. The van der Waals surface area contributed by atoms with Gasteiger partial charge in [-0.1, -0.05) is 18.7 Å². The van der Waals surface area contributed by atoms with Gasteiger partial charge in [-0.2, -0.15) is 0 Å². The molecule has 0 amide bonds. The summed E-state index contributed by atoms with van der Waals surface area (Å²) in [5, 5.41) is 29.7. The predicted molar refractivity (Wildman–Crippen MR) is 51.9 cm³/mol. The van der Waals surface area contributed by atoms with Crippen LogP contribution in [0, 0.1) is 0 Å². The molecule has 1 aromatic heterocycles. The molecule has 0 spiro atoms. The van der Waals surface area contributed by atoms with Crippen molar-refractivity contribution in [3.63, 3.8) is 0 Å². The second kappa shape index (κ2) is 5.94. The van der Waals surface area contributed by atoms with Gasteiger partial charge in [-0.15, -0.1) is 5.10 Å². The number of aromatic nitrogens is 4. The maximum Gasteiger partial charge on any atom is 0.209 e. The fourth-order valence-corrected chi connectivity index (χ4v) is 1.77. The Bertz CT molecular complexity index is 268. The van der Waals surface area contributed by atoms with Crippen molar-refractivity contribution >= 4 is 11.8 Å². The van der Waals surface area contributed by atoms with Gasteiger partial charge in [0.25, 0.3) is 0 Å². The van der Waals surface area contributed by atoms with Crippen molar-refractivity contribution in [2.45, 2.75) is 31.1 Å². The SMILES string of the molecule is CCC(O)CSc1nnnn1CCO. The number of aliphatic hydroxyl groups excluding tert-OH is 2. The van der Waals surface area contributed by atoms with Crippen molar-refractivity contribution in [2.75, 3.05) is 12.4 Å². The van der Waals surface area contributed by atoms with Gasteiger partial charge in [-0.05, 0) is 16.8 Å². The second-order valence-electron chi connectivity index (χ2n) is 2.78. The number of tetrazole rings is 1. The Labute approximate surface area is 86.3 Å². The molecule has 0 saturated carbocycles. The fraction of sp³-hybridized carbons (Fsp3) is 0.857. The van der Waals surface area contributed by atoms with Crippen LogP contribution in [0.25, 0.3) is 0 Å². The van der Waals surface area contributed by atoms with E-state index < -0.39 is 0 Å². The van der Waals surface area contributed by atoms with Gasteiger partial charge in [0.1, 0.15) is 0 Å². The van der Waals surface area contributed by atoms with Crippen LogP contribution in [-0.2, 0) is 6.54 Å². The molecule has 1 heterocycles. The number of hydrogen-bond acceptors (Lipinski definition) is 6. The van der Waals surface area contributed by atoms with Crippen molar-refractivity contribution in [3.05, 3.63) is 0 Å². The molecule has 0 bridgehead atoms. The third-order valence-corrected chi connectivity index (χ3v) is 2.79. The van der Waals surface area contributed by atoms with E-state index in [9.17, 15) is 5.11 Å². The molecule has 1 atom stereocenters. The predicted octanol–water partition coefficient (Wildman–Crippen LogP) is -0.472. The first-order valence-corrected chi connectivity index (χ1v) is 5.44. The standard InChI is InChI=1S/C7H14N4O2S/c1-2-6(13)5-14-7-8-9-10-11(7)3-4-12/h6,12-13H,2-5H2,1H3. The van der Waals surface area contributed by atoms with Crippen molar-refractivity contribution in [1.29, 1.82) is 0 Å². The van der Waals surface area contributed by atoms with Crippen LogP contribution in [0.3, 0.4) is 0 Å². The maximum absolute atomic E-state index is 9.33. The first kappa shape index (κ1) is 11.4. The van der Waals surface area contributed by atoms with Gasteiger partial charge in [0, 0.05) is 5.75 Å². The zero-order valence-corrected chi connectivity index (χ0v) is 8.81. The minimum Gasteiger partial charge on any atom is -0.394 e. The van der Waals surface area contributed by atoms with Crippen molar-refractivity contribution < 1.29 is 10.2 Å². The van der Waals surface area contributed by atoms with Crippen molar-refractivity contribution in [3.8, 4) is 0 Å². The van der Waals surface area contributed by atoms with Crippen LogP contribution in [0.15, 0.2) is 5.16 Å². The minimum atomic E-state index is -0.334. The molecule has 0 aromatic carbocycles. The lowest BCUT2D eigenvalue weighted by molar-refractivity contribution is 0.195. The lowest BCUT2D eigenvalue weighted by Gasteiger charge is -2.06. The Morgan fingerprint density at radius 3 is 3.00 bits per heavy atom. The summed E-state index contributed by atoms with van der Waals surface area (Å²) in [7, 11) is 0. The summed E-state index contributed by atoms with van der Waals surface area (Å²) in [5.41, 5.74) is 0. The lowest BCUT2D eigenvalue weighted by Crippen LogP contribution is -2.10. The molecule has 0 aliphatic carbocycles. The topological polar surface area (TPSA) is 84.1 Å². The van der Waals surface area contributed by atoms with Crippen molar-refractivity contribution in [1.82, 2.24) is 20.2 Å². The van der Waals surface area contributed by atoms with Crippen LogP contribution in [0.5, 0.6) is 0 Å². The molecule has 14 heavy (non-hydrogen) atoms. The van der Waals surface area contributed by atoms with Gasteiger partial charge in [0.2, 0.25) is 5.16 Å². The van der Waals surface area contributed by atoms with E-state index >= 15 is 0 Å². The van der Waals surface area contributed by atoms with Gasteiger partial charge in [-0.25, -0.2) is 4.68 Å². The molecule has 0 fully saturated rings. The van der Waals surface area contributed by atoms with E-state index in [0.29, 0.717) is 23.9 Å². The summed E-state index contributed by atoms with van der Waals surface area (Å²) in [5.74, 6) is 0.572. The Morgan fingerprint density at radius 2 is 2.36 bits per heavy atom. The molecular weight excluding hydrogens is 204 g/mol. The minimum absolute atomic E-state index is 0.00886. The average Bonchev–Trinajstić information content (AvgIpc) is 2.62. The number of thioether (sulfide) groups is 1.